The number of aryl methyl sites for hydroxylation is 2. The van der Waals surface area contributed by atoms with Crippen molar-refractivity contribution in [2.75, 3.05) is 0 Å². The molecule has 170 valence electrons. The Balaban J connectivity index is 1.42. The van der Waals surface area contributed by atoms with Crippen molar-refractivity contribution in [2.45, 2.75) is 38.4 Å². The second-order valence-corrected chi connectivity index (χ2v) is 7.95. The number of benzene rings is 1. The molecule has 0 aliphatic heterocycles. The molecule has 3 aromatic heterocycles. The smallest absolute Gasteiger partial charge is 0.312 e. The molecule has 1 aromatic carbocycles. The zero-order chi connectivity index (χ0) is 23.4. The largest absolute Gasteiger partial charge is 0.486 e. The molecule has 0 unspecified atom stereocenters. The van der Waals surface area contributed by atoms with Gasteiger partial charge in [-0.1, -0.05) is 30.0 Å². The number of rotatable bonds is 9. The summed E-state index contributed by atoms with van der Waals surface area (Å²) < 4.78 is 14.6. The third-order valence-corrected chi connectivity index (χ3v) is 5.60. The molecule has 0 aliphatic carbocycles. The first kappa shape index (κ1) is 22.3. The molecule has 11 nitrogen and oxygen atoms in total. The van der Waals surface area contributed by atoms with Gasteiger partial charge in [0.25, 0.3) is 0 Å². The topological polar surface area (TPSA) is 126 Å². The summed E-state index contributed by atoms with van der Waals surface area (Å²) in [4.78, 5) is 10.8. The van der Waals surface area contributed by atoms with Crippen molar-refractivity contribution in [1.29, 1.82) is 0 Å². The Kier molecular flexibility index (Phi) is 6.54. The number of hydrogen-bond donors (Lipinski definition) is 0. The van der Waals surface area contributed by atoms with Crippen LogP contribution in [0.25, 0.3) is 0 Å². The molecule has 0 amide bonds. The minimum Gasteiger partial charge on any atom is -0.486 e. The second-order valence-electron chi connectivity index (χ2n) is 7.04. The number of nitrogens with zero attached hydrogens (tertiary/aromatic N) is 7. The molecule has 0 saturated heterocycles. The van der Waals surface area contributed by atoms with Crippen LogP contribution >= 0.6 is 11.8 Å². The predicted octanol–water partition coefficient (Wildman–Crippen LogP) is 4.11. The van der Waals surface area contributed by atoms with E-state index in [9.17, 15) is 10.1 Å². The number of furan rings is 1. The maximum absolute atomic E-state index is 11.2. The molecule has 0 aliphatic rings. The van der Waals surface area contributed by atoms with E-state index in [1.165, 1.54) is 11.8 Å². The van der Waals surface area contributed by atoms with E-state index >= 15 is 0 Å². The molecule has 0 N–H and O–H groups in total. The van der Waals surface area contributed by atoms with Gasteiger partial charge in [-0.15, -0.1) is 10.2 Å². The third-order valence-electron chi connectivity index (χ3n) is 4.72. The Morgan fingerprint density at radius 3 is 2.70 bits per heavy atom. The van der Waals surface area contributed by atoms with Crippen LogP contribution in [0, 0.1) is 30.9 Å². The second kappa shape index (κ2) is 9.69. The number of ether oxygens (including phenoxy) is 1. The Labute approximate surface area is 193 Å². The standard InChI is InChI=1S/C21H21N7O4S/c1-14-20(28(29)30)15(2)26(25-14)13-33-21-24-23-16(3)27(21)22-11-18-9-10-19(32-18)12-31-17-7-5-4-6-8-17/h4-11H,12-13H2,1-3H3/b22-11+. The van der Waals surface area contributed by atoms with Crippen molar-refractivity contribution in [3.63, 3.8) is 0 Å². The molecule has 0 radical (unpaired) electrons. The first-order chi connectivity index (χ1) is 15.9. The Hall–Kier alpha value is -3.93. The fraction of sp³-hybridized carbons (Fsp3) is 0.238. The van der Waals surface area contributed by atoms with Gasteiger partial charge < -0.3 is 9.15 Å². The number of aromatic nitrogens is 5. The van der Waals surface area contributed by atoms with Crippen LogP contribution in [-0.4, -0.2) is 35.8 Å². The van der Waals surface area contributed by atoms with Crippen LogP contribution in [0.4, 0.5) is 5.69 Å². The van der Waals surface area contributed by atoms with E-state index in [0.717, 1.165) is 5.75 Å². The summed E-state index contributed by atoms with van der Waals surface area (Å²) in [5.41, 5.74) is 0.881. The molecular weight excluding hydrogens is 446 g/mol. The molecular formula is C21H21N7O4S. The van der Waals surface area contributed by atoms with Gasteiger partial charge in [0.1, 0.15) is 35.3 Å². The van der Waals surface area contributed by atoms with Crippen molar-refractivity contribution in [3.8, 4) is 5.75 Å². The van der Waals surface area contributed by atoms with E-state index in [1.807, 2.05) is 36.4 Å². The van der Waals surface area contributed by atoms with Gasteiger partial charge >= 0.3 is 5.69 Å². The normalized spacial score (nSPS) is 11.4. The summed E-state index contributed by atoms with van der Waals surface area (Å²) in [6.07, 6.45) is 1.57. The van der Waals surface area contributed by atoms with Crippen molar-refractivity contribution >= 4 is 23.7 Å². The monoisotopic (exact) mass is 467 g/mol. The molecule has 12 heteroatoms. The quantitative estimate of drug-likeness (QED) is 0.156. The van der Waals surface area contributed by atoms with Crippen LogP contribution in [0.1, 0.15) is 28.7 Å². The average molecular weight is 468 g/mol. The van der Waals surface area contributed by atoms with Crippen molar-refractivity contribution in [3.05, 3.63) is 81.3 Å². The van der Waals surface area contributed by atoms with Gasteiger partial charge in [-0.25, -0.2) is 0 Å². The van der Waals surface area contributed by atoms with Gasteiger partial charge in [0.2, 0.25) is 5.16 Å². The molecule has 4 aromatic rings. The molecule has 4 rings (SSSR count). The summed E-state index contributed by atoms with van der Waals surface area (Å²) in [5, 5.41) is 28.6. The highest BCUT2D eigenvalue weighted by molar-refractivity contribution is 7.98. The van der Waals surface area contributed by atoms with E-state index in [2.05, 4.69) is 20.4 Å². The maximum Gasteiger partial charge on any atom is 0.312 e. The lowest BCUT2D eigenvalue weighted by atomic mass is 10.3. The highest BCUT2D eigenvalue weighted by atomic mass is 32.2. The third kappa shape index (κ3) is 5.12. The van der Waals surface area contributed by atoms with E-state index in [1.54, 1.807) is 42.4 Å². The van der Waals surface area contributed by atoms with Crippen LogP contribution in [-0.2, 0) is 12.5 Å². The van der Waals surface area contributed by atoms with Crippen LogP contribution in [0.2, 0.25) is 0 Å². The number of thioether (sulfide) groups is 1. The van der Waals surface area contributed by atoms with Crippen molar-refractivity contribution in [1.82, 2.24) is 24.7 Å². The summed E-state index contributed by atoms with van der Waals surface area (Å²) in [6.45, 7) is 5.37. The average Bonchev–Trinajstić information content (AvgIpc) is 3.47. The molecule has 0 fully saturated rings. The van der Waals surface area contributed by atoms with Gasteiger partial charge in [0.05, 0.1) is 17.0 Å². The van der Waals surface area contributed by atoms with Gasteiger partial charge in [0, 0.05) is 0 Å². The summed E-state index contributed by atoms with van der Waals surface area (Å²) in [5.74, 6) is 2.91. The van der Waals surface area contributed by atoms with E-state index in [0.29, 0.717) is 46.4 Å². The van der Waals surface area contributed by atoms with Crippen molar-refractivity contribution < 1.29 is 14.1 Å². The molecule has 0 bridgehead atoms. The zero-order valence-electron chi connectivity index (χ0n) is 18.2. The van der Waals surface area contributed by atoms with E-state index in [4.69, 9.17) is 9.15 Å². The van der Waals surface area contributed by atoms with Crippen LogP contribution in [0.5, 0.6) is 5.75 Å². The van der Waals surface area contributed by atoms with Crippen LogP contribution < -0.4 is 4.74 Å². The van der Waals surface area contributed by atoms with E-state index in [-0.39, 0.29) is 5.69 Å². The molecule has 0 saturated carbocycles. The molecule has 0 atom stereocenters. The summed E-state index contributed by atoms with van der Waals surface area (Å²) in [6, 6.07) is 13.1. The fourth-order valence-corrected chi connectivity index (χ4v) is 3.97. The van der Waals surface area contributed by atoms with E-state index < -0.39 is 4.92 Å². The minimum absolute atomic E-state index is 0.0242. The predicted molar refractivity (Wildman–Crippen MR) is 121 cm³/mol. The number of nitro groups is 1. The van der Waals surface area contributed by atoms with Gasteiger partial charge in [-0.05, 0) is 45.0 Å². The minimum atomic E-state index is -0.418. The van der Waals surface area contributed by atoms with Gasteiger partial charge in [0.15, 0.2) is 5.82 Å². The Morgan fingerprint density at radius 2 is 1.97 bits per heavy atom. The highest BCUT2D eigenvalue weighted by Crippen LogP contribution is 2.25. The lowest BCUT2D eigenvalue weighted by Gasteiger charge is -2.04. The zero-order valence-corrected chi connectivity index (χ0v) is 19.0. The van der Waals surface area contributed by atoms with Crippen LogP contribution in [0.3, 0.4) is 0 Å². The lowest BCUT2D eigenvalue weighted by molar-refractivity contribution is -0.386. The summed E-state index contributed by atoms with van der Waals surface area (Å²) >= 11 is 1.32. The molecule has 3 heterocycles. The summed E-state index contributed by atoms with van der Waals surface area (Å²) in [7, 11) is 0. The fourth-order valence-electron chi connectivity index (χ4n) is 3.08. The number of hydrogen-bond acceptors (Lipinski definition) is 9. The SMILES string of the molecule is Cc1nn(CSc2nnc(C)n2/N=C/c2ccc(COc3ccccc3)o2)c(C)c1[N+](=O)[O-]. The molecule has 33 heavy (non-hydrogen) atoms. The van der Waals surface area contributed by atoms with Crippen molar-refractivity contribution in [2.24, 2.45) is 5.10 Å². The Bertz CT molecular complexity index is 1290. The van der Waals surface area contributed by atoms with Gasteiger partial charge in [-0.3, -0.25) is 14.8 Å². The first-order valence-corrected chi connectivity index (χ1v) is 10.9. The Morgan fingerprint density at radius 1 is 1.18 bits per heavy atom. The number of para-hydroxylation sites is 1. The first-order valence-electron chi connectivity index (χ1n) is 9.96. The maximum atomic E-state index is 11.2. The highest BCUT2D eigenvalue weighted by Gasteiger charge is 2.22. The lowest BCUT2D eigenvalue weighted by Crippen LogP contribution is -2.02. The van der Waals surface area contributed by atoms with Gasteiger partial charge in [-0.2, -0.15) is 14.9 Å². The van der Waals surface area contributed by atoms with Crippen LogP contribution in [0.15, 0.2) is 57.1 Å². The molecule has 0 spiro atoms.